The van der Waals surface area contributed by atoms with Gasteiger partial charge in [0.05, 0.1) is 6.54 Å². The monoisotopic (exact) mass is 529 g/mol. The largest absolute Gasteiger partial charge is 0.439 e. The number of hydrogen-bond acceptors (Lipinski definition) is 7. The van der Waals surface area contributed by atoms with Gasteiger partial charge >= 0.3 is 0 Å². The standard InChI is InChI=1S/C29H28FN5O4/c1-19-5-2-3-6-20(19)17-35-18-24(27(36)31-22-13-15-38-16-14-22)28(37)34-29(35)32-21-9-11-23(12-10-21)39-26-8-4-7-25(30)33-26/h2-12,18,22H,13-17H2,1H3,(H,31,36)(H,32,34,37). The number of carbonyl (C=O) groups is 1. The molecule has 0 atom stereocenters. The van der Waals surface area contributed by atoms with E-state index >= 15 is 0 Å². The molecule has 0 radical (unpaired) electrons. The second-order valence-corrected chi connectivity index (χ2v) is 9.25. The molecule has 0 aliphatic carbocycles. The molecule has 4 aromatic rings. The zero-order valence-corrected chi connectivity index (χ0v) is 21.4. The number of benzene rings is 2. The number of ether oxygens (including phenoxy) is 2. The van der Waals surface area contributed by atoms with E-state index in [0.717, 1.165) is 11.1 Å². The zero-order valence-electron chi connectivity index (χ0n) is 21.4. The molecule has 1 fully saturated rings. The van der Waals surface area contributed by atoms with Gasteiger partial charge < -0.3 is 24.7 Å². The molecule has 0 unspecified atom stereocenters. The summed E-state index contributed by atoms with van der Waals surface area (Å²) < 4.78 is 26.1. The Hall–Kier alpha value is -4.57. The first-order valence-electron chi connectivity index (χ1n) is 12.7. The lowest BCUT2D eigenvalue weighted by molar-refractivity contribution is 0.0695. The summed E-state index contributed by atoms with van der Waals surface area (Å²) in [6.45, 7) is 3.55. The molecule has 1 amide bonds. The maximum absolute atomic E-state index is 13.4. The van der Waals surface area contributed by atoms with Crippen LogP contribution in [0.2, 0.25) is 0 Å². The van der Waals surface area contributed by atoms with Gasteiger partial charge in [-0.1, -0.05) is 30.3 Å². The Bertz CT molecular complexity index is 1520. The van der Waals surface area contributed by atoms with Crippen molar-refractivity contribution in [2.75, 3.05) is 18.5 Å². The average Bonchev–Trinajstić information content (AvgIpc) is 2.93. The molecule has 2 aromatic heterocycles. The summed E-state index contributed by atoms with van der Waals surface area (Å²) in [5.41, 5.74) is 2.09. The summed E-state index contributed by atoms with van der Waals surface area (Å²) in [5, 5.41) is 6.12. The van der Waals surface area contributed by atoms with Crippen LogP contribution in [0.3, 0.4) is 0 Å². The molecule has 10 heteroatoms. The summed E-state index contributed by atoms with van der Waals surface area (Å²) in [6.07, 6.45) is 2.95. The van der Waals surface area contributed by atoms with Gasteiger partial charge in [0.15, 0.2) is 0 Å². The highest BCUT2D eigenvalue weighted by atomic mass is 19.1. The predicted octanol–water partition coefficient (Wildman–Crippen LogP) is 4.58. The Labute approximate surface area is 224 Å². The Balaban J connectivity index is 1.40. The van der Waals surface area contributed by atoms with E-state index in [1.807, 2.05) is 31.2 Å². The molecule has 0 saturated carbocycles. The van der Waals surface area contributed by atoms with Crippen molar-refractivity contribution in [2.24, 2.45) is 0 Å². The molecule has 2 aromatic carbocycles. The van der Waals surface area contributed by atoms with E-state index in [4.69, 9.17) is 9.47 Å². The molecule has 0 bridgehead atoms. The molecule has 39 heavy (non-hydrogen) atoms. The van der Waals surface area contributed by atoms with Gasteiger partial charge in [-0.15, -0.1) is 0 Å². The zero-order chi connectivity index (χ0) is 27.2. The molecule has 9 nitrogen and oxygen atoms in total. The number of aryl methyl sites for hydroxylation is 1. The number of halogens is 1. The number of aromatic nitrogens is 3. The van der Waals surface area contributed by atoms with Crippen LogP contribution in [0.1, 0.15) is 34.3 Å². The Morgan fingerprint density at radius 2 is 1.82 bits per heavy atom. The van der Waals surface area contributed by atoms with Gasteiger partial charge in [0.1, 0.15) is 11.3 Å². The van der Waals surface area contributed by atoms with Crippen LogP contribution in [0.5, 0.6) is 11.6 Å². The minimum Gasteiger partial charge on any atom is -0.439 e. The first kappa shape index (κ1) is 26.1. The topological polar surface area (TPSA) is 107 Å². The van der Waals surface area contributed by atoms with E-state index in [1.165, 1.54) is 12.1 Å². The molecule has 5 rings (SSSR count). The van der Waals surface area contributed by atoms with Crippen LogP contribution >= 0.6 is 0 Å². The van der Waals surface area contributed by atoms with Crippen LogP contribution in [0.15, 0.2) is 77.7 Å². The van der Waals surface area contributed by atoms with Gasteiger partial charge in [0, 0.05) is 37.2 Å². The highest BCUT2D eigenvalue weighted by molar-refractivity contribution is 5.93. The van der Waals surface area contributed by atoms with Gasteiger partial charge in [-0.05, 0) is 61.2 Å². The van der Waals surface area contributed by atoms with Gasteiger partial charge in [-0.25, -0.2) is 0 Å². The number of nitrogens with zero attached hydrogens (tertiary/aromatic N) is 3. The van der Waals surface area contributed by atoms with E-state index in [-0.39, 0.29) is 23.4 Å². The molecule has 1 aliphatic rings. The summed E-state index contributed by atoms with van der Waals surface area (Å²) in [4.78, 5) is 33.9. The van der Waals surface area contributed by atoms with Crippen LogP contribution < -0.4 is 20.9 Å². The Morgan fingerprint density at radius 3 is 2.56 bits per heavy atom. The number of amides is 1. The lowest BCUT2D eigenvalue weighted by Gasteiger charge is -2.23. The van der Waals surface area contributed by atoms with Crippen molar-refractivity contribution in [1.29, 1.82) is 0 Å². The first-order chi connectivity index (χ1) is 18.9. The van der Waals surface area contributed by atoms with E-state index < -0.39 is 17.4 Å². The molecule has 1 saturated heterocycles. The van der Waals surface area contributed by atoms with Crippen molar-refractivity contribution in [3.05, 3.63) is 106 Å². The highest BCUT2D eigenvalue weighted by Crippen LogP contribution is 2.23. The van der Waals surface area contributed by atoms with E-state index in [2.05, 4.69) is 20.6 Å². The van der Waals surface area contributed by atoms with Crippen LogP contribution in [0, 0.1) is 12.9 Å². The molecular formula is C29H28FN5O4. The van der Waals surface area contributed by atoms with Gasteiger partial charge in [0.25, 0.3) is 11.5 Å². The third-order valence-electron chi connectivity index (χ3n) is 6.42. The predicted molar refractivity (Wildman–Crippen MR) is 144 cm³/mol. The van der Waals surface area contributed by atoms with Crippen molar-refractivity contribution in [3.63, 3.8) is 0 Å². The second kappa shape index (κ2) is 11.9. The van der Waals surface area contributed by atoms with E-state index in [1.54, 1.807) is 41.1 Å². The maximum Gasteiger partial charge on any atom is 0.287 e. The maximum atomic E-state index is 13.4. The van der Waals surface area contributed by atoms with Crippen LogP contribution in [0.4, 0.5) is 16.0 Å². The second-order valence-electron chi connectivity index (χ2n) is 9.25. The van der Waals surface area contributed by atoms with Gasteiger partial charge in [-0.3, -0.25) is 9.59 Å². The smallest absolute Gasteiger partial charge is 0.287 e. The van der Waals surface area contributed by atoms with Crippen LogP contribution in [-0.2, 0) is 11.3 Å². The van der Waals surface area contributed by atoms with Crippen molar-refractivity contribution in [3.8, 4) is 11.6 Å². The molecule has 3 heterocycles. The summed E-state index contributed by atoms with van der Waals surface area (Å²) in [6, 6.07) is 19.0. The third kappa shape index (κ3) is 6.66. The van der Waals surface area contributed by atoms with Crippen molar-refractivity contribution in [2.45, 2.75) is 32.4 Å². The van der Waals surface area contributed by atoms with Crippen LogP contribution in [-0.4, -0.2) is 39.7 Å². The minimum absolute atomic E-state index is 0.0213. The highest BCUT2D eigenvalue weighted by Gasteiger charge is 2.21. The molecule has 200 valence electrons. The fraction of sp³-hybridized carbons (Fsp3) is 0.241. The number of nitrogens with one attached hydrogen (secondary N) is 2. The lowest BCUT2D eigenvalue weighted by Crippen LogP contribution is -2.41. The third-order valence-corrected chi connectivity index (χ3v) is 6.42. The fourth-order valence-electron chi connectivity index (χ4n) is 4.25. The van der Waals surface area contributed by atoms with Crippen LogP contribution in [0.25, 0.3) is 0 Å². The quantitative estimate of drug-likeness (QED) is 0.322. The van der Waals surface area contributed by atoms with Crippen molar-refractivity contribution in [1.82, 2.24) is 19.9 Å². The molecule has 1 aliphatic heterocycles. The fourth-order valence-corrected chi connectivity index (χ4v) is 4.25. The molecular weight excluding hydrogens is 501 g/mol. The Morgan fingerprint density at radius 1 is 1.05 bits per heavy atom. The number of pyridine rings is 1. The van der Waals surface area contributed by atoms with E-state index in [9.17, 15) is 14.0 Å². The number of rotatable bonds is 8. The summed E-state index contributed by atoms with van der Waals surface area (Å²) >= 11 is 0. The average molecular weight is 530 g/mol. The van der Waals surface area contributed by atoms with Gasteiger partial charge in [0.2, 0.25) is 17.8 Å². The van der Waals surface area contributed by atoms with E-state index in [0.29, 0.717) is 44.0 Å². The first-order valence-corrected chi connectivity index (χ1v) is 12.7. The summed E-state index contributed by atoms with van der Waals surface area (Å²) in [7, 11) is 0. The van der Waals surface area contributed by atoms with Gasteiger partial charge in [-0.2, -0.15) is 14.4 Å². The SMILES string of the molecule is Cc1ccccc1Cn1cc(C(=O)NC2CCOCC2)c(=O)nc1Nc1ccc(Oc2cccc(F)n2)cc1. The number of hydrogen-bond donors (Lipinski definition) is 2. The van der Waals surface area contributed by atoms with Crippen molar-refractivity contribution >= 4 is 17.5 Å². The Kier molecular flexibility index (Phi) is 7.93. The number of anilines is 2. The molecule has 0 spiro atoms. The lowest BCUT2D eigenvalue weighted by atomic mass is 10.1. The minimum atomic E-state index is -0.631. The number of carbonyl (C=O) groups excluding carboxylic acids is 1. The summed E-state index contributed by atoms with van der Waals surface area (Å²) in [5.74, 6) is -0.195. The van der Waals surface area contributed by atoms with Crippen molar-refractivity contribution < 1.29 is 18.7 Å². The normalized spacial score (nSPS) is 13.6. The molecule has 2 N–H and O–H groups in total.